The molecular formula is C12H7Br3N2S. The molecule has 1 aromatic carbocycles. The van der Waals surface area contributed by atoms with E-state index in [0.29, 0.717) is 0 Å². The first-order valence-corrected chi connectivity index (χ1v) is 8.35. The summed E-state index contributed by atoms with van der Waals surface area (Å²) in [7, 11) is 0. The van der Waals surface area contributed by atoms with E-state index in [1.807, 2.05) is 0 Å². The summed E-state index contributed by atoms with van der Waals surface area (Å²) in [5.74, 6) is 0.905. The second kappa shape index (κ2) is 4.74. The van der Waals surface area contributed by atoms with Gasteiger partial charge in [0, 0.05) is 8.95 Å². The second-order valence-corrected chi connectivity index (χ2v) is 8.08. The SMILES string of the molecule is Cc1cc(Br)cc2[nH]c(-c3cc(Br)c(Br)s3)nc12. The Kier molecular flexibility index (Phi) is 3.38. The van der Waals surface area contributed by atoms with Gasteiger partial charge in [0.25, 0.3) is 0 Å². The minimum atomic E-state index is 0.905. The number of hydrogen-bond acceptors (Lipinski definition) is 2. The normalized spacial score (nSPS) is 11.3. The summed E-state index contributed by atoms with van der Waals surface area (Å²) in [6, 6.07) is 6.20. The van der Waals surface area contributed by atoms with E-state index >= 15 is 0 Å². The van der Waals surface area contributed by atoms with Crippen LogP contribution in [0.1, 0.15) is 5.56 Å². The molecule has 0 saturated heterocycles. The van der Waals surface area contributed by atoms with E-state index in [1.165, 1.54) is 0 Å². The third kappa shape index (κ3) is 2.19. The van der Waals surface area contributed by atoms with Gasteiger partial charge in [0.05, 0.1) is 19.7 Å². The quantitative estimate of drug-likeness (QED) is 0.492. The average Bonchev–Trinajstić information content (AvgIpc) is 2.84. The molecule has 3 rings (SSSR count). The van der Waals surface area contributed by atoms with Gasteiger partial charge >= 0.3 is 0 Å². The molecule has 6 heteroatoms. The fourth-order valence-corrected chi connectivity index (χ4v) is 4.38. The van der Waals surface area contributed by atoms with Crippen LogP contribution in [0.15, 0.2) is 30.9 Å². The molecule has 3 aromatic rings. The largest absolute Gasteiger partial charge is 0.337 e. The highest BCUT2D eigenvalue weighted by Crippen LogP contribution is 2.38. The minimum Gasteiger partial charge on any atom is -0.337 e. The first-order valence-electron chi connectivity index (χ1n) is 5.15. The highest BCUT2D eigenvalue weighted by Gasteiger charge is 2.12. The average molecular weight is 451 g/mol. The van der Waals surface area contributed by atoms with E-state index in [2.05, 4.69) is 82.9 Å². The maximum absolute atomic E-state index is 4.67. The Morgan fingerprint density at radius 2 is 1.94 bits per heavy atom. The molecule has 2 aromatic heterocycles. The van der Waals surface area contributed by atoms with Gasteiger partial charge in [-0.2, -0.15) is 0 Å². The monoisotopic (exact) mass is 448 g/mol. The molecule has 92 valence electrons. The van der Waals surface area contributed by atoms with Crippen molar-refractivity contribution in [1.82, 2.24) is 9.97 Å². The molecule has 0 aliphatic heterocycles. The lowest BCUT2D eigenvalue weighted by atomic mass is 10.2. The van der Waals surface area contributed by atoms with Gasteiger partial charge in [-0.25, -0.2) is 4.98 Å². The number of H-pyrrole nitrogens is 1. The van der Waals surface area contributed by atoms with Crippen molar-refractivity contribution in [3.63, 3.8) is 0 Å². The number of rotatable bonds is 1. The zero-order valence-electron chi connectivity index (χ0n) is 9.22. The fraction of sp³-hybridized carbons (Fsp3) is 0.0833. The van der Waals surface area contributed by atoms with Crippen molar-refractivity contribution in [1.29, 1.82) is 0 Å². The molecule has 2 heterocycles. The minimum absolute atomic E-state index is 0.905. The maximum atomic E-state index is 4.67. The number of nitrogens with one attached hydrogen (secondary N) is 1. The summed E-state index contributed by atoms with van der Waals surface area (Å²) in [4.78, 5) is 9.14. The van der Waals surface area contributed by atoms with Crippen LogP contribution in [-0.4, -0.2) is 9.97 Å². The topological polar surface area (TPSA) is 28.7 Å². The summed E-state index contributed by atoms with van der Waals surface area (Å²) in [6.45, 7) is 2.07. The van der Waals surface area contributed by atoms with E-state index in [4.69, 9.17) is 0 Å². The van der Waals surface area contributed by atoms with Gasteiger partial charge in [-0.3, -0.25) is 0 Å². The van der Waals surface area contributed by atoms with E-state index in [1.54, 1.807) is 11.3 Å². The number of benzene rings is 1. The molecule has 18 heavy (non-hydrogen) atoms. The van der Waals surface area contributed by atoms with Crippen LogP contribution < -0.4 is 0 Å². The molecule has 0 bridgehead atoms. The summed E-state index contributed by atoms with van der Waals surface area (Å²) in [5, 5.41) is 0. The lowest BCUT2D eigenvalue weighted by Gasteiger charge is -1.94. The van der Waals surface area contributed by atoms with Crippen molar-refractivity contribution in [2.75, 3.05) is 0 Å². The number of nitrogens with zero attached hydrogens (tertiary/aromatic N) is 1. The number of aromatic amines is 1. The molecule has 0 aliphatic rings. The number of imidazole rings is 1. The van der Waals surface area contributed by atoms with Crippen molar-refractivity contribution in [2.45, 2.75) is 6.92 Å². The Balaban J connectivity index is 2.22. The van der Waals surface area contributed by atoms with Crippen molar-refractivity contribution in [3.05, 3.63) is 36.5 Å². The van der Waals surface area contributed by atoms with Gasteiger partial charge < -0.3 is 4.98 Å². The van der Waals surface area contributed by atoms with Crippen LogP contribution in [0.5, 0.6) is 0 Å². The Bertz CT molecular complexity index is 726. The molecule has 0 unspecified atom stereocenters. The van der Waals surface area contributed by atoms with Gasteiger partial charge in [0.15, 0.2) is 0 Å². The Morgan fingerprint density at radius 3 is 2.61 bits per heavy atom. The Hall–Kier alpha value is -0.170. The van der Waals surface area contributed by atoms with Crippen LogP contribution in [0.3, 0.4) is 0 Å². The fourth-order valence-electron chi connectivity index (χ4n) is 1.83. The first kappa shape index (κ1) is 12.8. The molecular weight excluding hydrogens is 444 g/mol. The van der Waals surface area contributed by atoms with Crippen molar-refractivity contribution >= 4 is 70.2 Å². The molecule has 0 spiro atoms. The van der Waals surface area contributed by atoms with Crippen LogP contribution >= 0.6 is 59.1 Å². The Morgan fingerprint density at radius 1 is 1.17 bits per heavy atom. The van der Waals surface area contributed by atoms with Gasteiger partial charge in [0.1, 0.15) is 5.82 Å². The number of thiophene rings is 1. The number of halogens is 3. The van der Waals surface area contributed by atoms with E-state index < -0.39 is 0 Å². The molecule has 0 fully saturated rings. The zero-order chi connectivity index (χ0) is 12.9. The lowest BCUT2D eigenvalue weighted by Crippen LogP contribution is -1.76. The molecule has 0 atom stereocenters. The van der Waals surface area contributed by atoms with Crippen LogP contribution in [0.2, 0.25) is 0 Å². The zero-order valence-corrected chi connectivity index (χ0v) is 14.8. The first-order chi connectivity index (χ1) is 8.54. The van der Waals surface area contributed by atoms with Crippen molar-refractivity contribution < 1.29 is 0 Å². The van der Waals surface area contributed by atoms with Gasteiger partial charge in [0.2, 0.25) is 0 Å². The van der Waals surface area contributed by atoms with E-state index in [-0.39, 0.29) is 0 Å². The predicted molar refractivity (Wildman–Crippen MR) is 87.2 cm³/mol. The summed E-state index contributed by atoms with van der Waals surface area (Å²) in [6.07, 6.45) is 0. The Labute approximate surface area is 133 Å². The second-order valence-electron chi connectivity index (χ2n) is 3.94. The summed E-state index contributed by atoms with van der Waals surface area (Å²) >= 11 is 12.2. The predicted octanol–water partition coefficient (Wildman–Crippen LogP) is 5.89. The maximum Gasteiger partial charge on any atom is 0.148 e. The summed E-state index contributed by atoms with van der Waals surface area (Å²) < 4.78 is 3.20. The molecule has 1 N–H and O–H groups in total. The molecule has 2 nitrogen and oxygen atoms in total. The standard InChI is InChI=1S/C12H7Br3N2S/c1-5-2-6(13)3-8-10(5)17-12(16-8)9-4-7(14)11(15)18-9/h2-4H,1H3,(H,16,17). The van der Waals surface area contributed by atoms with E-state index in [0.717, 1.165) is 40.0 Å². The highest BCUT2D eigenvalue weighted by atomic mass is 79.9. The number of fused-ring (bicyclic) bond motifs is 1. The smallest absolute Gasteiger partial charge is 0.148 e. The van der Waals surface area contributed by atoms with Gasteiger partial charge in [-0.1, -0.05) is 15.9 Å². The molecule has 0 saturated carbocycles. The van der Waals surface area contributed by atoms with Crippen LogP contribution in [0, 0.1) is 6.92 Å². The summed E-state index contributed by atoms with van der Waals surface area (Å²) in [5.41, 5.74) is 3.24. The number of hydrogen-bond donors (Lipinski definition) is 1. The van der Waals surface area contributed by atoms with E-state index in [9.17, 15) is 0 Å². The number of aromatic nitrogens is 2. The van der Waals surface area contributed by atoms with Crippen molar-refractivity contribution in [2.24, 2.45) is 0 Å². The molecule has 0 radical (unpaired) electrons. The lowest BCUT2D eigenvalue weighted by molar-refractivity contribution is 1.35. The van der Waals surface area contributed by atoms with Crippen LogP contribution in [0.25, 0.3) is 21.7 Å². The number of aryl methyl sites for hydroxylation is 1. The third-order valence-electron chi connectivity index (χ3n) is 2.62. The molecule has 0 amide bonds. The van der Waals surface area contributed by atoms with Crippen LogP contribution in [0.4, 0.5) is 0 Å². The van der Waals surface area contributed by atoms with Gasteiger partial charge in [-0.15, -0.1) is 11.3 Å². The van der Waals surface area contributed by atoms with Gasteiger partial charge in [-0.05, 0) is 62.5 Å². The highest BCUT2D eigenvalue weighted by molar-refractivity contribution is 9.13. The third-order valence-corrected chi connectivity index (χ3v) is 6.34. The van der Waals surface area contributed by atoms with Crippen molar-refractivity contribution in [3.8, 4) is 10.7 Å². The van der Waals surface area contributed by atoms with Crippen LogP contribution in [-0.2, 0) is 0 Å². The molecule has 0 aliphatic carbocycles.